The molecular formula is C19H13ClNaO5P. The molecule has 0 fully saturated rings. The Balaban J connectivity index is 0.00000261. The van der Waals surface area contributed by atoms with Crippen LogP contribution in [0.1, 0.15) is 15.9 Å². The molecule has 0 saturated heterocycles. The van der Waals surface area contributed by atoms with Crippen LogP contribution in [0.25, 0.3) is 0 Å². The van der Waals surface area contributed by atoms with Crippen LogP contribution < -0.4 is 43.5 Å². The summed E-state index contributed by atoms with van der Waals surface area (Å²) in [5.41, 5.74) is 0.817. The smallest absolute Gasteiger partial charge is 0.736 e. The number of halogens is 1. The number of rotatable bonds is 6. The van der Waals surface area contributed by atoms with Crippen molar-refractivity contribution in [2.75, 3.05) is 0 Å². The second kappa shape index (κ2) is 9.56. The normalized spacial score (nSPS) is 12.4. The summed E-state index contributed by atoms with van der Waals surface area (Å²) in [4.78, 5) is 24.4. The summed E-state index contributed by atoms with van der Waals surface area (Å²) in [6.45, 7) is 0. The molecule has 0 spiro atoms. The van der Waals surface area contributed by atoms with Crippen molar-refractivity contribution in [3.05, 3.63) is 95.0 Å². The molecule has 0 aromatic heterocycles. The minimum absolute atomic E-state index is 0. The molecule has 0 radical (unpaired) electrons. The maximum Gasteiger partial charge on any atom is 1.00 e. The molecule has 1 unspecified atom stereocenters. The van der Waals surface area contributed by atoms with E-state index in [0.29, 0.717) is 11.1 Å². The van der Waals surface area contributed by atoms with Gasteiger partial charge in [0.15, 0.2) is 5.78 Å². The van der Waals surface area contributed by atoms with E-state index in [2.05, 4.69) is 0 Å². The Morgan fingerprint density at radius 1 is 0.852 bits per heavy atom. The van der Waals surface area contributed by atoms with E-state index in [4.69, 9.17) is 20.6 Å². The number of phosphoric acid groups is 1. The molecule has 0 aliphatic heterocycles. The first-order valence-electron chi connectivity index (χ1n) is 7.59. The van der Waals surface area contributed by atoms with E-state index < -0.39 is 7.82 Å². The molecule has 27 heavy (non-hydrogen) atoms. The largest absolute Gasteiger partial charge is 1.00 e. The molecule has 0 heterocycles. The molecule has 3 aromatic carbocycles. The van der Waals surface area contributed by atoms with Crippen LogP contribution in [-0.4, -0.2) is 5.78 Å². The molecule has 0 aliphatic carbocycles. The summed E-state index contributed by atoms with van der Waals surface area (Å²) >= 11 is 6.08. The molecule has 8 heteroatoms. The average Bonchev–Trinajstić information content (AvgIpc) is 2.64. The summed E-state index contributed by atoms with van der Waals surface area (Å²) < 4.78 is 21.8. The van der Waals surface area contributed by atoms with Gasteiger partial charge in [-0.1, -0.05) is 60.1 Å². The topological polar surface area (TPSA) is 75.7 Å². The predicted molar refractivity (Wildman–Crippen MR) is 96.6 cm³/mol. The molecular weight excluding hydrogens is 398 g/mol. The average molecular weight is 411 g/mol. The molecule has 0 bridgehead atoms. The molecule has 5 nitrogen and oxygen atoms in total. The van der Waals surface area contributed by atoms with Gasteiger partial charge in [-0.3, -0.25) is 4.79 Å². The molecule has 0 saturated carbocycles. The Bertz CT molecular complexity index is 966. The van der Waals surface area contributed by atoms with Gasteiger partial charge in [0.05, 0.1) is 5.02 Å². The summed E-state index contributed by atoms with van der Waals surface area (Å²) in [5.74, 6) is -0.228. The third kappa shape index (κ3) is 5.94. The van der Waals surface area contributed by atoms with Crippen LogP contribution in [0.2, 0.25) is 5.02 Å². The fourth-order valence-corrected chi connectivity index (χ4v) is 3.31. The summed E-state index contributed by atoms with van der Waals surface area (Å²) in [5, 5.41) is -0.0143. The zero-order chi connectivity index (χ0) is 18.6. The molecule has 3 aromatic rings. The predicted octanol–water partition coefficient (Wildman–Crippen LogP) is 1.50. The Morgan fingerprint density at radius 3 is 2.04 bits per heavy atom. The second-order valence-electron chi connectivity index (χ2n) is 5.28. The van der Waals surface area contributed by atoms with E-state index in [0.717, 1.165) is 0 Å². The van der Waals surface area contributed by atoms with E-state index in [1.54, 1.807) is 48.5 Å². The number of ketones is 1. The van der Waals surface area contributed by atoms with E-state index in [-0.39, 0.29) is 51.9 Å². The third-order valence-electron chi connectivity index (χ3n) is 3.40. The number of hydrogen-bond donors (Lipinski definition) is 0. The van der Waals surface area contributed by atoms with Crippen LogP contribution in [0.15, 0.2) is 78.9 Å². The van der Waals surface area contributed by atoms with E-state index in [1.807, 2.05) is 0 Å². The van der Waals surface area contributed by atoms with Gasteiger partial charge < -0.3 is 13.9 Å². The standard InChI is InChI=1S/C19H14ClO5P.Na/c20-17-13-15(19(21)14-7-3-1-4-8-14)11-12-18(17)25-26(22,23)24-16-9-5-2-6-10-16;/h1-13H,(H,22,23);/q;+1/p-1. The van der Waals surface area contributed by atoms with Crippen molar-refractivity contribution in [3.63, 3.8) is 0 Å². The Morgan fingerprint density at radius 2 is 1.44 bits per heavy atom. The van der Waals surface area contributed by atoms with Gasteiger partial charge in [0.1, 0.15) is 11.5 Å². The van der Waals surface area contributed by atoms with Gasteiger partial charge in [-0.05, 0) is 30.3 Å². The molecule has 3 rings (SSSR count). The van der Waals surface area contributed by atoms with Crippen LogP contribution in [0.4, 0.5) is 0 Å². The van der Waals surface area contributed by atoms with Crippen molar-refractivity contribution < 1.29 is 52.9 Å². The minimum atomic E-state index is -4.68. The first-order valence-corrected chi connectivity index (χ1v) is 9.43. The molecule has 0 aliphatic rings. The van der Waals surface area contributed by atoms with Gasteiger partial charge in [-0.15, -0.1) is 0 Å². The zero-order valence-corrected chi connectivity index (χ0v) is 18.0. The molecule has 132 valence electrons. The van der Waals surface area contributed by atoms with Crippen molar-refractivity contribution in [3.8, 4) is 11.5 Å². The second-order valence-corrected chi connectivity index (χ2v) is 6.95. The Kier molecular flexibility index (Phi) is 7.68. The van der Waals surface area contributed by atoms with Crippen molar-refractivity contribution in [2.45, 2.75) is 0 Å². The van der Waals surface area contributed by atoms with Gasteiger partial charge >= 0.3 is 37.4 Å². The van der Waals surface area contributed by atoms with Crippen LogP contribution in [0, 0.1) is 0 Å². The molecule has 0 amide bonds. The number of carbonyl (C=O) groups excluding carboxylic acids is 1. The summed E-state index contributed by atoms with van der Waals surface area (Å²) in [6.07, 6.45) is 0. The summed E-state index contributed by atoms with van der Waals surface area (Å²) in [7, 11) is -4.68. The maximum atomic E-state index is 12.4. The fraction of sp³-hybridized carbons (Fsp3) is 0. The van der Waals surface area contributed by atoms with Crippen molar-refractivity contribution >= 4 is 25.2 Å². The monoisotopic (exact) mass is 410 g/mol. The fourth-order valence-electron chi connectivity index (χ4n) is 2.22. The number of hydrogen-bond acceptors (Lipinski definition) is 5. The zero-order valence-electron chi connectivity index (χ0n) is 14.4. The van der Waals surface area contributed by atoms with Crippen LogP contribution >= 0.6 is 19.4 Å². The van der Waals surface area contributed by atoms with Crippen LogP contribution in [0.5, 0.6) is 11.5 Å². The van der Waals surface area contributed by atoms with E-state index in [1.165, 1.54) is 30.3 Å². The van der Waals surface area contributed by atoms with Crippen LogP contribution in [0.3, 0.4) is 0 Å². The van der Waals surface area contributed by atoms with Gasteiger partial charge in [0, 0.05) is 11.1 Å². The minimum Gasteiger partial charge on any atom is -0.736 e. The Hall–Kier alpha value is -1.59. The maximum absolute atomic E-state index is 12.4. The number of phosphoric ester groups is 1. The molecule has 0 N–H and O–H groups in total. The first-order chi connectivity index (χ1) is 12.4. The van der Waals surface area contributed by atoms with Gasteiger partial charge in [-0.25, -0.2) is 4.57 Å². The number of carbonyl (C=O) groups is 1. The first kappa shape index (κ1) is 21.7. The Labute approximate surface area is 183 Å². The quantitative estimate of drug-likeness (QED) is 0.350. The number of benzene rings is 3. The summed E-state index contributed by atoms with van der Waals surface area (Å²) in [6, 6.07) is 20.7. The van der Waals surface area contributed by atoms with Gasteiger partial charge in [0.25, 0.3) is 0 Å². The van der Waals surface area contributed by atoms with Gasteiger partial charge in [0.2, 0.25) is 0 Å². The SMILES string of the molecule is O=C(c1ccccc1)c1ccc(OP(=O)([O-])Oc2ccccc2)c(Cl)c1.[Na+]. The van der Waals surface area contributed by atoms with Crippen molar-refractivity contribution in [2.24, 2.45) is 0 Å². The van der Waals surface area contributed by atoms with Gasteiger partial charge in [-0.2, -0.15) is 0 Å². The molecule has 1 atom stereocenters. The van der Waals surface area contributed by atoms with Crippen LogP contribution in [-0.2, 0) is 4.57 Å². The number of para-hydroxylation sites is 1. The van der Waals surface area contributed by atoms with E-state index in [9.17, 15) is 14.3 Å². The van der Waals surface area contributed by atoms with Crippen molar-refractivity contribution in [1.29, 1.82) is 0 Å². The third-order valence-corrected chi connectivity index (χ3v) is 4.55. The van der Waals surface area contributed by atoms with E-state index >= 15 is 0 Å². The van der Waals surface area contributed by atoms with Crippen molar-refractivity contribution in [1.82, 2.24) is 0 Å².